The van der Waals surface area contributed by atoms with Crippen molar-refractivity contribution >= 4 is 16.9 Å². The van der Waals surface area contributed by atoms with Gasteiger partial charge in [0.25, 0.3) is 0 Å². The minimum Gasteiger partial charge on any atom is -0.506 e. The van der Waals surface area contributed by atoms with Crippen molar-refractivity contribution < 1.29 is 29.6 Å². The number of unbranched alkanes of at least 4 members (excludes halogenated alkanes) is 2. The molecule has 0 radical (unpaired) electrons. The fraction of sp³-hybridized carbons (Fsp3) is 0.364. The number of nitrogens with one attached hydrogen (secondary N) is 2. The maximum atomic E-state index is 13.8. The van der Waals surface area contributed by atoms with E-state index in [4.69, 9.17) is 9.47 Å². The lowest BCUT2D eigenvalue weighted by molar-refractivity contribution is -0.164. The summed E-state index contributed by atoms with van der Waals surface area (Å²) in [6, 6.07) is 30.9. The normalized spacial score (nSPS) is 15.5. The van der Waals surface area contributed by atoms with Gasteiger partial charge >= 0.3 is 5.97 Å². The molecule has 5 aromatic rings. The molecule has 54 heavy (non-hydrogen) atoms. The number of rotatable bonds is 17. The van der Waals surface area contributed by atoms with Gasteiger partial charge in [-0.05, 0) is 106 Å². The third-order valence-corrected chi connectivity index (χ3v) is 10.3. The Labute approximate surface area is 316 Å². The number of aromatic nitrogens is 1. The fourth-order valence-corrected chi connectivity index (χ4v) is 7.08. The number of hydrogen-bond donors (Lipinski definition) is 5. The second kappa shape index (κ2) is 18.4. The van der Waals surface area contributed by atoms with Crippen LogP contribution in [0.2, 0.25) is 0 Å². The maximum absolute atomic E-state index is 13.8. The van der Waals surface area contributed by atoms with E-state index in [0.29, 0.717) is 53.0 Å². The van der Waals surface area contributed by atoms with Crippen LogP contribution in [-0.2, 0) is 21.7 Å². The molecule has 2 atom stereocenters. The van der Waals surface area contributed by atoms with Crippen LogP contribution in [0.3, 0.4) is 0 Å². The predicted molar refractivity (Wildman–Crippen MR) is 209 cm³/mol. The lowest BCUT2D eigenvalue weighted by atomic mass is 9.85. The van der Waals surface area contributed by atoms with Gasteiger partial charge in [0.2, 0.25) is 11.2 Å². The number of hydrogen-bond acceptors (Lipinski definition) is 9. The molecule has 2 heterocycles. The highest BCUT2D eigenvalue weighted by Crippen LogP contribution is 2.34. The number of H-pyrrole nitrogens is 1. The molecule has 284 valence electrons. The summed E-state index contributed by atoms with van der Waals surface area (Å²) in [4.78, 5) is 30.6. The largest absolute Gasteiger partial charge is 0.506 e. The molecule has 1 fully saturated rings. The Morgan fingerprint density at radius 2 is 1.70 bits per heavy atom. The quantitative estimate of drug-likeness (QED) is 0.0565. The van der Waals surface area contributed by atoms with Crippen molar-refractivity contribution in [2.75, 3.05) is 39.4 Å². The Morgan fingerprint density at radius 3 is 2.48 bits per heavy atom. The molecule has 0 bridgehead atoms. The van der Waals surface area contributed by atoms with Crippen molar-refractivity contribution in [2.45, 2.75) is 57.3 Å². The number of nitrogens with zero attached hydrogens (tertiary/aromatic N) is 1. The van der Waals surface area contributed by atoms with Crippen LogP contribution in [-0.4, -0.2) is 70.6 Å². The summed E-state index contributed by atoms with van der Waals surface area (Å²) in [5, 5.41) is 36.9. The number of aryl methyl sites for hydroxylation is 1. The minimum atomic E-state index is -2.00. The number of phenols is 1. The number of fused-ring (bicyclic) bond motifs is 1. The number of ether oxygens (including phenoxy) is 2. The smallest absolute Gasteiger partial charge is 0.347 e. The third-order valence-electron chi connectivity index (χ3n) is 10.3. The number of carbonyl (C=O) groups excluding carboxylic acids is 1. The van der Waals surface area contributed by atoms with Gasteiger partial charge in [-0.2, -0.15) is 0 Å². The van der Waals surface area contributed by atoms with Gasteiger partial charge in [0, 0.05) is 30.1 Å². The third kappa shape index (κ3) is 9.75. The van der Waals surface area contributed by atoms with Crippen LogP contribution in [0.1, 0.15) is 66.0 Å². The van der Waals surface area contributed by atoms with Crippen molar-refractivity contribution in [1.82, 2.24) is 15.2 Å². The summed E-state index contributed by atoms with van der Waals surface area (Å²) in [7, 11) is 0. The zero-order valence-corrected chi connectivity index (χ0v) is 30.9. The Balaban J connectivity index is 0.974. The number of benzene rings is 4. The van der Waals surface area contributed by atoms with Crippen LogP contribution in [0, 0.1) is 12.8 Å². The van der Waals surface area contributed by atoms with E-state index in [1.54, 1.807) is 42.5 Å². The number of aromatic hydroxyl groups is 1. The lowest BCUT2D eigenvalue weighted by Gasteiger charge is -2.33. The summed E-state index contributed by atoms with van der Waals surface area (Å²) in [5.74, 6) is 0.0503. The Kier molecular flexibility index (Phi) is 13.2. The highest BCUT2D eigenvalue weighted by molar-refractivity contribution is 5.87. The highest BCUT2D eigenvalue weighted by atomic mass is 16.5. The van der Waals surface area contributed by atoms with E-state index in [1.807, 2.05) is 31.2 Å². The van der Waals surface area contributed by atoms with Crippen molar-refractivity contribution in [3.05, 3.63) is 141 Å². The second-order valence-corrected chi connectivity index (χ2v) is 14.3. The summed E-state index contributed by atoms with van der Waals surface area (Å²) in [6.45, 7) is 6.47. The van der Waals surface area contributed by atoms with Crippen LogP contribution in [0.25, 0.3) is 10.9 Å². The maximum Gasteiger partial charge on any atom is 0.347 e. The van der Waals surface area contributed by atoms with Gasteiger partial charge in [-0.3, -0.25) is 9.69 Å². The first kappa shape index (κ1) is 38.7. The first-order chi connectivity index (χ1) is 26.2. The van der Waals surface area contributed by atoms with Crippen molar-refractivity contribution in [3.8, 4) is 11.5 Å². The molecular formula is C44H51N3O7. The zero-order chi connectivity index (χ0) is 37.9. The molecule has 0 spiro atoms. The van der Waals surface area contributed by atoms with E-state index in [1.165, 1.54) is 17.7 Å². The van der Waals surface area contributed by atoms with E-state index in [0.717, 1.165) is 57.3 Å². The SMILES string of the molecule is Cc1ccc(C(O)(C(=O)OCC2CCN(Cc3ccccc3)CC2)c2cccc(OCCCCCNC[C@H](O)c3ccc(O)c4[nH]c(=O)ccc34)c2)cc1. The molecule has 1 aliphatic heterocycles. The number of pyridine rings is 1. The Bertz CT molecular complexity index is 2030. The van der Waals surface area contributed by atoms with E-state index in [9.17, 15) is 24.9 Å². The summed E-state index contributed by atoms with van der Waals surface area (Å²) >= 11 is 0. The van der Waals surface area contributed by atoms with Crippen LogP contribution in [0.15, 0.2) is 108 Å². The molecular weight excluding hydrogens is 682 g/mol. The van der Waals surface area contributed by atoms with Gasteiger partial charge in [0.1, 0.15) is 11.5 Å². The average molecular weight is 734 g/mol. The van der Waals surface area contributed by atoms with Gasteiger partial charge in [-0.1, -0.05) is 78.4 Å². The van der Waals surface area contributed by atoms with Crippen molar-refractivity contribution in [1.29, 1.82) is 0 Å². The molecule has 1 aliphatic rings. The number of aromatic amines is 1. The number of likely N-dealkylation sites (tertiary alicyclic amines) is 1. The number of phenolic OH excluding ortho intramolecular Hbond substituents is 1. The molecule has 10 heteroatoms. The standard InChI is InChI=1S/C44H51N3O7/c1-31-13-15-34(16-14-31)44(52,43(51)54-30-33-21-24-47(25-22-33)29-32-9-4-2-5-10-32)35-11-8-12-36(27-35)53-26-7-3-6-23-45-28-40(49)37-17-19-39(48)42-38(37)18-20-41(50)46-42/h2,4-5,8-20,27,33,40,45,48-49,52H,3,6-7,21-26,28-30H2,1H3,(H,46,50)/t40-,44?/m0/s1. The molecule has 4 aromatic carbocycles. The molecule has 1 unspecified atom stereocenters. The van der Waals surface area contributed by atoms with E-state index >= 15 is 0 Å². The van der Waals surface area contributed by atoms with Crippen LogP contribution >= 0.6 is 0 Å². The summed E-state index contributed by atoms with van der Waals surface area (Å²) in [6.07, 6.45) is 3.58. The van der Waals surface area contributed by atoms with Crippen LogP contribution in [0.4, 0.5) is 0 Å². The van der Waals surface area contributed by atoms with E-state index < -0.39 is 17.7 Å². The number of aliphatic hydroxyl groups excluding tert-OH is 1. The van der Waals surface area contributed by atoms with Crippen LogP contribution < -0.4 is 15.6 Å². The van der Waals surface area contributed by atoms with Gasteiger partial charge in [-0.15, -0.1) is 0 Å². The van der Waals surface area contributed by atoms with Gasteiger partial charge in [0.05, 0.1) is 24.8 Å². The number of aliphatic hydroxyl groups is 2. The first-order valence-electron chi connectivity index (χ1n) is 18.9. The average Bonchev–Trinajstić information content (AvgIpc) is 3.19. The van der Waals surface area contributed by atoms with Crippen LogP contribution in [0.5, 0.6) is 11.5 Å². The molecule has 6 rings (SSSR count). The number of esters is 1. The molecule has 1 saturated heterocycles. The highest BCUT2D eigenvalue weighted by Gasteiger charge is 2.42. The molecule has 5 N–H and O–H groups in total. The summed E-state index contributed by atoms with van der Waals surface area (Å²) in [5.41, 5.74) is 1.76. The van der Waals surface area contributed by atoms with Crippen molar-refractivity contribution in [2.24, 2.45) is 5.92 Å². The molecule has 0 amide bonds. The Hall–Kier alpha value is -5.00. The number of carbonyl (C=O) groups is 1. The van der Waals surface area contributed by atoms with Gasteiger partial charge < -0.3 is 35.1 Å². The van der Waals surface area contributed by atoms with E-state index in [-0.39, 0.29) is 23.8 Å². The molecule has 1 aromatic heterocycles. The van der Waals surface area contributed by atoms with Gasteiger partial charge in [0.15, 0.2) is 0 Å². The second-order valence-electron chi connectivity index (χ2n) is 14.3. The molecule has 0 aliphatic carbocycles. The van der Waals surface area contributed by atoms with Crippen molar-refractivity contribution in [3.63, 3.8) is 0 Å². The number of piperidine rings is 1. The molecule has 10 nitrogen and oxygen atoms in total. The van der Waals surface area contributed by atoms with Gasteiger partial charge in [-0.25, -0.2) is 4.79 Å². The molecule has 0 saturated carbocycles. The van der Waals surface area contributed by atoms with E-state index in [2.05, 4.69) is 39.5 Å². The zero-order valence-electron chi connectivity index (χ0n) is 30.9. The predicted octanol–water partition coefficient (Wildman–Crippen LogP) is 6.11. The lowest BCUT2D eigenvalue weighted by Crippen LogP contribution is -2.40. The summed E-state index contributed by atoms with van der Waals surface area (Å²) < 4.78 is 12.0. The Morgan fingerprint density at radius 1 is 0.926 bits per heavy atom. The first-order valence-corrected chi connectivity index (χ1v) is 18.9. The minimum absolute atomic E-state index is 0.0399. The monoisotopic (exact) mass is 733 g/mol. The topological polar surface area (TPSA) is 144 Å². The fourth-order valence-electron chi connectivity index (χ4n) is 7.08.